The maximum atomic E-state index is 13.3. The Morgan fingerprint density at radius 2 is 1.53 bits per heavy atom. The van der Waals surface area contributed by atoms with Gasteiger partial charge in [-0.25, -0.2) is 10.2 Å². The van der Waals surface area contributed by atoms with E-state index >= 15 is 0 Å². The van der Waals surface area contributed by atoms with E-state index in [1.54, 1.807) is 39.1 Å². The monoisotopic (exact) mass is 619 g/mol. The molecule has 0 unspecified atom stereocenters. The number of aliphatic hydroxyl groups is 1. The van der Waals surface area contributed by atoms with Crippen LogP contribution in [0.25, 0.3) is 5.69 Å². The zero-order valence-corrected chi connectivity index (χ0v) is 27.3. The molecule has 11 nitrogen and oxygen atoms in total. The minimum absolute atomic E-state index is 0.0442. The lowest BCUT2D eigenvalue weighted by Gasteiger charge is -2.24. The zero-order valence-electron chi connectivity index (χ0n) is 27.3. The van der Waals surface area contributed by atoms with Gasteiger partial charge in [0.25, 0.3) is 5.91 Å². The molecule has 3 rings (SSSR count). The summed E-state index contributed by atoms with van der Waals surface area (Å²) in [7, 11) is 0. The first kappa shape index (κ1) is 34.8. The maximum Gasteiger partial charge on any atom is 0.408 e. The molecule has 0 aliphatic rings. The number of carbonyl (C=O) groups excluding carboxylic acids is 3. The van der Waals surface area contributed by atoms with E-state index in [2.05, 4.69) is 70.8 Å². The standard InChI is InChI=1S/C34H45N5O6/c1-21-17-24(22(2)39(21)26-13-11-25(12-14-26)33(3,4)5)19-35-38-31(43)28(18-23-9-15-27(41)16-10-23)36-30(42)29(20-40)37-32(44)45-34(6,7)8/h9-17,19,28-29,40-41H,18,20H2,1-8H3,(H,36,42)(H,37,44)(H,38,43)/b35-19-/t28-,29-/m0/s1. The number of nitrogens with zero attached hydrogens (tertiary/aromatic N) is 2. The average Bonchev–Trinajstić information content (AvgIpc) is 3.23. The van der Waals surface area contributed by atoms with E-state index in [-0.39, 0.29) is 17.6 Å². The highest BCUT2D eigenvalue weighted by Crippen LogP contribution is 2.25. The van der Waals surface area contributed by atoms with Crippen molar-refractivity contribution >= 4 is 24.1 Å². The number of phenolic OH excluding ortho intramolecular Hbond substituents is 1. The third-order valence-corrected chi connectivity index (χ3v) is 7.04. The number of aromatic nitrogens is 1. The quantitative estimate of drug-likeness (QED) is 0.170. The van der Waals surface area contributed by atoms with Gasteiger partial charge >= 0.3 is 6.09 Å². The minimum atomic E-state index is -1.36. The van der Waals surface area contributed by atoms with Gasteiger partial charge in [0.2, 0.25) is 5.91 Å². The van der Waals surface area contributed by atoms with Crippen LogP contribution in [0.4, 0.5) is 4.79 Å². The zero-order chi connectivity index (χ0) is 33.5. The van der Waals surface area contributed by atoms with Gasteiger partial charge < -0.3 is 30.2 Å². The Morgan fingerprint density at radius 1 is 0.911 bits per heavy atom. The third kappa shape index (κ3) is 9.94. The van der Waals surface area contributed by atoms with Gasteiger partial charge in [0.05, 0.1) is 12.8 Å². The number of ether oxygens (including phenoxy) is 1. The lowest BCUT2D eigenvalue weighted by Crippen LogP contribution is -2.55. The van der Waals surface area contributed by atoms with Crippen molar-refractivity contribution in [2.24, 2.45) is 5.10 Å². The molecular weight excluding hydrogens is 574 g/mol. The van der Waals surface area contributed by atoms with Gasteiger partial charge in [-0.15, -0.1) is 0 Å². The molecule has 3 amide bonds. The summed E-state index contributed by atoms with van der Waals surface area (Å²) >= 11 is 0. The summed E-state index contributed by atoms with van der Waals surface area (Å²) in [4.78, 5) is 38.5. The SMILES string of the molecule is Cc1cc(/C=N\NC(=O)[C@H](Cc2ccc(O)cc2)NC(=O)[C@H](CO)NC(=O)OC(C)(C)C)c(C)n1-c1ccc(C(C)(C)C)cc1. The van der Waals surface area contributed by atoms with Crippen molar-refractivity contribution in [1.29, 1.82) is 0 Å². The van der Waals surface area contributed by atoms with Crippen LogP contribution in [0, 0.1) is 13.8 Å². The van der Waals surface area contributed by atoms with E-state index in [9.17, 15) is 24.6 Å². The molecule has 0 saturated carbocycles. The molecule has 0 aliphatic carbocycles. The van der Waals surface area contributed by atoms with Crippen LogP contribution in [0.3, 0.4) is 0 Å². The highest BCUT2D eigenvalue weighted by atomic mass is 16.6. The number of phenols is 1. The Bertz CT molecular complexity index is 1510. The second-order valence-electron chi connectivity index (χ2n) is 13.0. The Hall–Kier alpha value is -4.64. The number of benzene rings is 2. The molecule has 45 heavy (non-hydrogen) atoms. The van der Waals surface area contributed by atoms with Crippen LogP contribution in [0.5, 0.6) is 5.75 Å². The van der Waals surface area contributed by atoms with E-state index in [0.29, 0.717) is 5.56 Å². The van der Waals surface area contributed by atoms with Gasteiger partial charge in [-0.05, 0) is 81.5 Å². The van der Waals surface area contributed by atoms with Crippen molar-refractivity contribution in [3.63, 3.8) is 0 Å². The molecule has 242 valence electrons. The number of hydrogen-bond donors (Lipinski definition) is 5. The second kappa shape index (κ2) is 14.4. The summed E-state index contributed by atoms with van der Waals surface area (Å²) < 4.78 is 7.28. The molecule has 5 N–H and O–H groups in total. The number of aromatic hydroxyl groups is 1. The van der Waals surface area contributed by atoms with E-state index in [0.717, 1.165) is 22.6 Å². The number of rotatable bonds is 10. The summed E-state index contributed by atoms with van der Waals surface area (Å²) in [5.41, 5.74) is 7.36. The van der Waals surface area contributed by atoms with E-state index in [4.69, 9.17) is 4.74 Å². The molecule has 0 radical (unpaired) electrons. The fourth-order valence-corrected chi connectivity index (χ4v) is 4.66. The maximum absolute atomic E-state index is 13.3. The molecule has 1 heterocycles. The summed E-state index contributed by atoms with van der Waals surface area (Å²) in [6.07, 6.45) is 0.709. The molecule has 0 bridgehead atoms. The number of amides is 3. The smallest absolute Gasteiger partial charge is 0.408 e. The highest BCUT2D eigenvalue weighted by molar-refractivity contribution is 5.92. The molecule has 0 aliphatic heterocycles. The van der Waals surface area contributed by atoms with Crippen LogP contribution in [-0.2, 0) is 26.2 Å². The first-order chi connectivity index (χ1) is 21.0. The third-order valence-electron chi connectivity index (χ3n) is 7.04. The van der Waals surface area contributed by atoms with Gasteiger partial charge in [-0.3, -0.25) is 9.59 Å². The van der Waals surface area contributed by atoms with Crippen molar-refractivity contribution in [2.75, 3.05) is 6.61 Å². The van der Waals surface area contributed by atoms with Crippen LogP contribution in [-0.4, -0.2) is 63.2 Å². The van der Waals surface area contributed by atoms with Crippen molar-refractivity contribution < 1.29 is 29.3 Å². The van der Waals surface area contributed by atoms with Gasteiger partial charge in [0.15, 0.2) is 0 Å². The molecule has 1 aromatic heterocycles. The Balaban J connectivity index is 1.77. The van der Waals surface area contributed by atoms with Crippen molar-refractivity contribution in [3.05, 3.63) is 82.7 Å². The lowest BCUT2D eigenvalue weighted by molar-refractivity contribution is -0.130. The number of alkyl carbamates (subject to hydrolysis) is 1. The van der Waals surface area contributed by atoms with Gasteiger partial charge in [-0.1, -0.05) is 45.0 Å². The number of carbonyl (C=O) groups is 3. The highest BCUT2D eigenvalue weighted by Gasteiger charge is 2.28. The minimum Gasteiger partial charge on any atom is -0.508 e. The van der Waals surface area contributed by atoms with Crippen molar-refractivity contribution in [3.8, 4) is 11.4 Å². The second-order valence-corrected chi connectivity index (χ2v) is 13.0. The Morgan fingerprint density at radius 3 is 2.09 bits per heavy atom. The number of hydrazone groups is 1. The predicted molar refractivity (Wildman–Crippen MR) is 174 cm³/mol. The first-order valence-electron chi connectivity index (χ1n) is 14.8. The fourth-order valence-electron chi connectivity index (χ4n) is 4.66. The largest absolute Gasteiger partial charge is 0.508 e. The van der Waals surface area contributed by atoms with Crippen molar-refractivity contribution in [2.45, 2.75) is 84.9 Å². The van der Waals surface area contributed by atoms with Gasteiger partial charge in [0, 0.05) is 29.1 Å². The topological polar surface area (TPSA) is 154 Å². The summed E-state index contributed by atoms with van der Waals surface area (Å²) in [5, 5.41) is 28.5. The van der Waals surface area contributed by atoms with Crippen molar-refractivity contribution in [1.82, 2.24) is 20.6 Å². The van der Waals surface area contributed by atoms with Crippen LogP contribution in [0.15, 0.2) is 59.7 Å². The molecule has 11 heteroatoms. The first-order valence-corrected chi connectivity index (χ1v) is 14.8. The van der Waals surface area contributed by atoms with Crippen LogP contribution in [0.1, 0.15) is 69.6 Å². The molecule has 2 aromatic carbocycles. The predicted octanol–water partition coefficient (Wildman–Crippen LogP) is 4.16. The van der Waals surface area contributed by atoms with Crippen LogP contribution in [0.2, 0.25) is 0 Å². The number of aliphatic hydroxyl groups excluding tert-OH is 1. The van der Waals surface area contributed by atoms with Gasteiger partial charge in [0.1, 0.15) is 23.4 Å². The fraction of sp³-hybridized carbons (Fsp3) is 0.412. The normalized spacial score (nSPS) is 13.3. The van der Waals surface area contributed by atoms with E-state index in [1.165, 1.54) is 17.7 Å². The van der Waals surface area contributed by atoms with Gasteiger partial charge in [-0.2, -0.15) is 5.10 Å². The molecule has 2 atom stereocenters. The summed E-state index contributed by atoms with van der Waals surface area (Å²) in [6, 6.07) is 14.1. The van der Waals surface area contributed by atoms with E-state index < -0.39 is 42.2 Å². The summed E-state index contributed by atoms with van der Waals surface area (Å²) in [6.45, 7) is 14.8. The Kier molecular flexibility index (Phi) is 11.2. The average molecular weight is 620 g/mol. The number of nitrogens with one attached hydrogen (secondary N) is 3. The number of aryl methyl sites for hydroxylation is 1. The molecule has 3 aromatic rings. The van der Waals surface area contributed by atoms with Crippen LogP contribution >= 0.6 is 0 Å². The molecule has 0 fully saturated rings. The molecular formula is C34H45N5O6. The van der Waals surface area contributed by atoms with E-state index in [1.807, 2.05) is 19.9 Å². The van der Waals surface area contributed by atoms with Crippen LogP contribution < -0.4 is 16.1 Å². The number of hydrogen-bond acceptors (Lipinski definition) is 7. The molecule has 0 spiro atoms. The Labute approximate surface area is 264 Å². The lowest BCUT2D eigenvalue weighted by atomic mass is 9.87. The summed E-state index contributed by atoms with van der Waals surface area (Å²) in [5.74, 6) is -1.35. The molecule has 0 saturated heterocycles.